The lowest BCUT2D eigenvalue weighted by Crippen LogP contribution is -2.34. The van der Waals surface area contributed by atoms with Gasteiger partial charge in [0.25, 0.3) is 0 Å². The summed E-state index contributed by atoms with van der Waals surface area (Å²) in [6.07, 6.45) is 6.25. The minimum Gasteiger partial charge on any atom is -0.497 e. The molecule has 3 heteroatoms. The Balaban J connectivity index is 1.72. The molecule has 0 spiro atoms. The van der Waals surface area contributed by atoms with E-state index in [1.54, 1.807) is 13.4 Å². The highest BCUT2D eigenvalue weighted by Crippen LogP contribution is 2.32. The van der Waals surface area contributed by atoms with Gasteiger partial charge in [-0.05, 0) is 61.6 Å². The van der Waals surface area contributed by atoms with Crippen LogP contribution in [0.5, 0.6) is 5.75 Å². The molecule has 3 rings (SSSR count). The fraction of sp³-hybridized carbons (Fsp3) is 0.444. The van der Waals surface area contributed by atoms with Gasteiger partial charge in [-0.3, -0.25) is 0 Å². The lowest BCUT2D eigenvalue weighted by atomic mass is 9.87. The standard InChI is InChI=1S/C18H23NO2/c1-13(11-16-6-4-10-21-16)19-18-7-3-5-14-8-9-15(20-2)12-17(14)18/h4,6,8-10,12-13,18-19H,3,5,7,11H2,1-2H3. The predicted molar refractivity (Wildman–Crippen MR) is 83.7 cm³/mol. The zero-order chi connectivity index (χ0) is 14.7. The van der Waals surface area contributed by atoms with Crippen LogP contribution in [0.2, 0.25) is 0 Å². The number of hydrogen-bond acceptors (Lipinski definition) is 3. The fourth-order valence-corrected chi connectivity index (χ4v) is 3.21. The maximum atomic E-state index is 5.44. The van der Waals surface area contributed by atoms with Gasteiger partial charge in [0, 0.05) is 18.5 Å². The summed E-state index contributed by atoms with van der Waals surface area (Å²) in [5.41, 5.74) is 2.84. The summed E-state index contributed by atoms with van der Waals surface area (Å²) < 4.78 is 10.8. The summed E-state index contributed by atoms with van der Waals surface area (Å²) >= 11 is 0. The molecule has 1 aliphatic carbocycles. The lowest BCUT2D eigenvalue weighted by molar-refractivity contribution is 0.381. The van der Waals surface area contributed by atoms with E-state index in [0.717, 1.165) is 17.9 Å². The summed E-state index contributed by atoms with van der Waals surface area (Å²) in [5, 5.41) is 3.75. The van der Waals surface area contributed by atoms with Crippen molar-refractivity contribution in [1.29, 1.82) is 0 Å². The molecule has 1 aromatic carbocycles. The molecule has 1 heterocycles. The number of rotatable bonds is 5. The molecular formula is C18H23NO2. The number of benzene rings is 1. The molecule has 0 radical (unpaired) electrons. The Hall–Kier alpha value is -1.74. The van der Waals surface area contributed by atoms with Gasteiger partial charge in [-0.25, -0.2) is 0 Å². The Bertz CT molecular complexity index is 577. The van der Waals surface area contributed by atoms with Crippen molar-refractivity contribution < 1.29 is 9.15 Å². The Morgan fingerprint density at radius 1 is 1.38 bits per heavy atom. The quantitative estimate of drug-likeness (QED) is 0.905. The van der Waals surface area contributed by atoms with Crippen LogP contribution >= 0.6 is 0 Å². The molecule has 0 fully saturated rings. The third-order valence-electron chi connectivity index (χ3n) is 4.24. The van der Waals surface area contributed by atoms with E-state index in [0.29, 0.717) is 12.1 Å². The molecule has 2 atom stereocenters. The first kappa shape index (κ1) is 14.2. The van der Waals surface area contributed by atoms with Crippen molar-refractivity contribution in [2.45, 2.75) is 44.7 Å². The monoisotopic (exact) mass is 285 g/mol. The topological polar surface area (TPSA) is 34.4 Å². The van der Waals surface area contributed by atoms with Crippen LogP contribution in [-0.2, 0) is 12.8 Å². The van der Waals surface area contributed by atoms with Gasteiger partial charge in [0.05, 0.1) is 13.4 Å². The zero-order valence-corrected chi connectivity index (χ0v) is 12.8. The summed E-state index contributed by atoms with van der Waals surface area (Å²) in [6, 6.07) is 11.2. The SMILES string of the molecule is COc1ccc2c(c1)C(NC(C)Cc1ccco1)CCC2. The molecule has 0 saturated carbocycles. The maximum Gasteiger partial charge on any atom is 0.119 e. The van der Waals surface area contributed by atoms with Gasteiger partial charge < -0.3 is 14.5 Å². The Labute approximate surface area is 126 Å². The molecule has 0 bridgehead atoms. The van der Waals surface area contributed by atoms with Gasteiger partial charge in [0.2, 0.25) is 0 Å². The largest absolute Gasteiger partial charge is 0.497 e. The third-order valence-corrected chi connectivity index (χ3v) is 4.24. The molecule has 1 N–H and O–H groups in total. The van der Waals surface area contributed by atoms with Gasteiger partial charge in [0.1, 0.15) is 11.5 Å². The number of nitrogens with one attached hydrogen (secondary N) is 1. The first-order valence-corrected chi connectivity index (χ1v) is 7.71. The van der Waals surface area contributed by atoms with Crippen LogP contribution in [0.3, 0.4) is 0 Å². The highest BCUT2D eigenvalue weighted by atomic mass is 16.5. The van der Waals surface area contributed by atoms with Crippen molar-refractivity contribution in [2.24, 2.45) is 0 Å². The Kier molecular flexibility index (Phi) is 4.30. The van der Waals surface area contributed by atoms with E-state index in [4.69, 9.17) is 9.15 Å². The van der Waals surface area contributed by atoms with Gasteiger partial charge >= 0.3 is 0 Å². The second-order valence-corrected chi connectivity index (χ2v) is 5.86. The van der Waals surface area contributed by atoms with E-state index in [9.17, 15) is 0 Å². The van der Waals surface area contributed by atoms with Crippen LogP contribution in [0.4, 0.5) is 0 Å². The highest BCUT2D eigenvalue weighted by molar-refractivity contribution is 5.39. The molecule has 1 aliphatic rings. The molecule has 0 amide bonds. The van der Waals surface area contributed by atoms with Crippen LogP contribution in [0.1, 0.15) is 42.7 Å². The van der Waals surface area contributed by atoms with Crippen LogP contribution in [0.25, 0.3) is 0 Å². The number of methoxy groups -OCH3 is 1. The van der Waals surface area contributed by atoms with Gasteiger partial charge in [-0.2, -0.15) is 0 Å². The van der Waals surface area contributed by atoms with Gasteiger partial charge in [0.15, 0.2) is 0 Å². The van der Waals surface area contributed by atoms with Crippen molar-refractivity contribution in [1.82, 2.24) is 5.32 Å². The molecule has 2 unspecified atom stereocenters. The molecule has 0 aliphatic heterocycles. The molecule has 2 aromatic rings. The average Bonchev–Trinajstić information content (AvgIpc) is 3.00. The van der Waals surface area contributed by atoms with Gasteiger partial charge in [-0.1, -0.05) is 6.07 Å². The van der Waals surface area contributed by atoms with E-state index in [1.807, 2.05) is 12.1 Å². The molecular weight excluding hydrogens is 262 g/mol. The van der Waals surface area contributed by atoms with E-state index in [1.165, 1.54) is 30.4 Å². The second-order valence-electron chi connectivity index (χ2n) is 5.86. The Morgan fingerprint density at radius 3 is 3.05 bits per heavy atom. The van der Waals surface area contributed by atoms with Crippen molar-refractivity contribution in [3.05, 3.63) is 53.5 Å². The fourth-order valence-electron chi connectivity index (χ4n) is 3.21. The van der Waals surface area contributed by atoms with Crippen molar-refractivity contribution in [2.75, 3.05) is 7.11 Å². The molecule has 1 aromatic heterocycles. The van der Waals surface area contributed by atoms with Crippen molar-refractivity contribution in [3.63, 3.8) is 0 Å². The highest BCUT2D eigenvalue weighted by Gasteiger charge is 2.22. The van der Waals surface area contributed by atoms with Gasteiger partial charge in [-0.15, -0.1) is 0 Å². The third kappa shape index (κ3) is 3.30. The summed E-state index contributed by atoms with van der Waals surface area (Å²) in [5.74, 6) is 1.98. The number of fused-ring (bicyclic) bond motifs is 1. The first-order chi connectivity index (χ1) is 10.3. The summed E-state index contributed by atoms with van der Waals surface area (Å²) in [7, 11) is 1.73. The lowest BCUT2D eigenvalue weighted by Gasteiger charge is -2.29. The van der Waals surface area contributed by atoms with E-state index < -0.39 is 0 Å². The maximum absolute atomic E-state index is 5.44. The number of aryl methyl sites for hydroxylation is 1. The van der Waals surface area contributed by atoms with E-state index in [2.05, 4.69) is 30.4 Å². The number of hydrogen-bond donors (Lipinski definition) is 1. The summed E-state index contributed by atoms with van der Waals surface area (Å²) in [6.45, 7) is 2.22. The average molecular weight is 285 g/mol. The minimum atomic E-state index is 0.387. The normalized spacial score (nSPS) is 19.0. The molecule has 112 valence electrons. The number of furan rings is 1. The molecule has 0 saturated heterocycles. The first-order valence-electron chi connectivity index (χ1n) is 7.71. The van der Waals surface area contributed by atoms with Crippen LogP contribution in [0.15, 0.2) is 41.0 Å². The van der Waals surface area contributed by atoms with Crippen LogP contribution < -0.4 is 10.1 Å². The predicted octanol–water partition coefficient (Wildman–Crippen LogP) is 3.89. The molecule has 21 heavy (non-hydrogen) atoms. The minimum absolute atomic E-state index is 0.387. The Morgan fingerprint density at radius 2 is 2.29 bits per heavy atom. The van der Waals surface area contributed by atoms with E-state index in [-0.39, 0.29) is 0 Å². The van der Waals surface area contributed by atoms with Crippen molar-refractivity contribution >= 4 is 0 Å². The van der Waals surface area contributed by atoms with E-state index >= 15 is 0 Å². The smallest absolute Gasteiger partial charge is 0.119 e. The second kappa shape index (κ2) is 6.35. The zero-order valence-electron chi connectivity index (χ0n) is 12.8. The van der Waals surface area contributed by atoms with Crippen LogP contribution in [0, 0.1) is 0 Å². The van der Waals surface area contributed by atoms with Crippen molar-refractivity contribution in [3.8, 4) is 5.75 Å². The molecule has 3 nitrogen and oxygen atoms in total. The number of ether oxygens (including phenoxy) is 1. The van der Waals surface area contributed by atoms with Crippen LogP contribution in [-0.4, -0.2) is 13.2 Å². The summed E-state index contributed by atoms with van der Waals surface area (Å²) in [4.78, 5) is 0.